The molecule has 19 heavy (non-hydrogen) atoms. The van der Waals surface area contributed by atoms with Crippen molar-refractivity contribution in [1.29, 1.82) is 0 Å². The van der Waals surface area contributed by atoms with Crippen LogP contribution in [0.25, 0.3) is 11.1 Å². The second-order valence-corrected chi connectivity index (χ2v) is 4.86. The average Bonchev–Trinajstić information content (AvgIpc) is 2.48. The molecule has 0 amide bonds. The van der Waals surface area contributed by atoms with Crippen molar-refractivity contribution >= 4 is 12.4 Å². The van der Waals surface area contributed by atoms with Crippen molar-refractivity contribution in [3.8, 4) is 11.1 Å². The molecule has 1 heteroatoms. The molecule has 98 valence electrons. The minimum Gasteiger partial charge on any atom is -0.265 e. The molecule has 0 radical (unpaired) electrons. The molecule has 1 nitrogen and oxygen atoms in total. The monoisotopic (exact) mass is 251 g/mol. The Labute approximate surface area is 116 Å². The molecular formula is C18H21N. The predicted octanol–water partition coefficient (Wildman–Crippen LogP) is 5.42. The van der Waals surface area contributed by atoms with E-state index in [2.05, 4.69) is 55.0 Å². The Morgan fingerprint density at radius 2 is 1.42 bits per heavy atom. The molecule has 2 rings (SSSR count). The van der Waals surface area contributed by atoms with Crippen LogP contribution in [0.1, 0.15) is 31.7 Å². The molecule has 0 fully saturated rings. The van der Waals surface area contributed by atoms with Gasteiger partial charge in [0.1, 0.15) is 0 Å². The Hall–Kier alpha value is -1.89. The van der Waals surface area contributed by atoms with Gasteiger partial charge in [0.2, 0.25) is 0 Å². The Morgan fingerprint density at radius 3 is 1.95 bits per heavy atom. The lowest BCUT2D eigenvalue weighted by Crippen LogP contribution is -1.85. The van der Waals surface area contributed by atoms with E-state index in [1.165, 1.54) is 42.4 Å². The van der Waals surface area contributed by atoms with Crippen LogP contribution in [-0.4, -0.2) is 6.72 Å². The summed E-state index contributed by atoms with van der Waals surface area (Å²) in [6.07, 6.45) is 5.07. The van der Waals surface area contributed by atoms with E-state index in [0.29, 0.717) is 0 Å². The number of hydrogen-bond acceptors (Lipinski definition) is 1. The first kappa shape index (κ1) is 13.5. The van der Waals surface area contributed by atoms with Gasteiger partial charge in [0, 0.05) is 0 Å². The zero-order valence-electron chi connectivity index (χ0n) is 11.6. The summed E-state index contributed by atoms with van der Waals surface area (Å²) in [5.41, 5.74) is 4.84. The largest absolute Gasteiger partial charge is 0.265 e. The minimum atomic E-state index is 0.917. The van der Waals surface area contributed by atoms with Crippen LogP contribution < -0.4 is 0 Å². The van der Waals surface area contributed by atoms with Crippen LogP contribution in [-0.2, 0) is 6.42 Å². The maximum Gasteiger partial charge on any atom is 0.0622 e. The Morgan fingerprint density at radius 1 is 0.842 bits per heavy atom. The molecule has 0 heterocycles. The molecule has 0 spiro atoms. The van der Waals surface area contributed by atoms with Crippen LogP contribution in [0.15, 0.2) is 53.5 Å². The zero-order valence-corrected chi connectivity index (χ0v) is 11.6. The number of rotatable bonds is 6. The molecule has 0 bridgehead atoms. The van der Waals surface area contributed by atoms with Crippen LogP contribution in [0.5, 0.6) is 0 Å². The smallest absolute Gasteiger partial charge is 0.0622 e. The van der Waals surface area contributed by atoms with Crippen molar-refractivity contribution in [2.75, 3.05) is 0 Å². The van der Waals surface area contributed by atoms with Crippen molar-refractivity contribution in [1.82, 2.24) is 0 Å². The molecule has 0 aliphatic carbocycles. The molecule has 0 aliphatic rings. The van der Waals surface area contributed by atoms with E-state index >= 15 is 0 Å². The first-order chi connectivity index (χ1) is 9.33. The fraction of sp³-hybridized carbons (Fsp3) is 0.278. The number of aryl methyl sites for hydroxylation is 1. The van der Waals surface area contributed by atoms with Gasteiger partial charge in [0.05, 0.1) is 5.69 Å². The fourth-order valence-corrected chi connectivity index (χ4v) is 2.20. The second-order valence-electron chi connectivity index (χ2n) is 4.86. The van der Waals surface area contributed by atoms with Gasteiger partial charge in [-0.1, -0.05) is 56.2 Å². The molecular weight excluding hydrogens is 230 g/mol. The summed E-state index contributed by atoms with van der Waals surface area (Å²) in [5.74, 6) is 0. The van der Waals surface area contributed by atoms with Crippen molar-refractivity contribution in [3.05, 3.63) is 54.1 Å². The molecule has 0 aromatic heterocycles. The van der Waals surface area contributed by atoms with E-state index in [0.717, 1.165) is 5.69 Å². The fourth-order valence-electron chi connectivity index (χ4n) is 2.20. The highest BCUT2D eigenvalue weighted by atomic mass is 14.7. The summed E-state index contributed by atoms with van der Waals surface area (Å²) in [5, 5.41) is 0. The van der Waals surface area contributed by atoms with Gasteiger partial charge in [0.25, 0.3) is 0 Å². The molecule has 0 atom stereocenters. The average molecular weight is 251 g/mol. The van der Waals surface area contributed by atoms with Crippen molar-refractivity contribution in [2.24, 2.45) is 4.99 Å². The topological polar surface area (TPSA) is 12.4 Å². The third-order valence-corrected chi connectivity index (χ3v) is 3.41. The SMILES string of the molecule is C=Nc1ccc(-c2ccc(CCCCC)cc2)cc1. The van der Waals surface area contributed by atoms with E-state index in [4.69, 9.17) is 0 Å². The first-order valence-electron chi connectivity index (χ1n) is 6.99. The maximum atomic E-state index is 3.91. The summed E-state index contributed by atoms with van der Waals surface area (Å²) in [6.45, 7) is 5.77. The molecule has 0 saturated carbocycles. The zero-order chi connectivity index (χ0) is 13.5. The summed E-state index contributed by atoms with van der Waals surface area (Å²) in [6, 6.07) is 17.1. The number of hydrogen-bond donors (Lipinski definition) is 0. The molecule has 0 aliphatic heterocycles. The third kappa shape index (κ3) is 3.78. The number of nitrogens with zero attached hydrogens (tertiary/aromatic N) is 1. The number of aliphatic imine (C=N–C) groups is 1. The second kappa shape index (κ2) is 6.89. The summed E-state index contributed by atoms with van der Waals surface area (Å²) in [4.78, 5) is 3.91. The Kier molecular flexibility index (Phi) is 4.91. The van der Waals surface area contributed by atoms with Crippen LogP contribution in [0.3, 0.4) is 0 Å². The lowest BCUT2D eigenvalue weighted by Gasteiger charge is -2.05. The molecule has 2 aromatic carbocycles. The van der Waals surface area contributed by atoms with Gasteiger partial charge in [-0.25, -0.2) is 0 Å². The van der Waals surface area contributed by atoms with Gasteiger partial charge in [-0.3, -0.25) is 4.99 Å². The van der Waals surface area contributed by atoms with Crippen molar-refractivity contribution in [2.45, 2.75) is 32.6 Å². The van der Waals surface area contributed by atoms with Gasteiger partial charge in [0.15, 0.2) is 0 Å². The van der Waals surface area contributed by atoms with E-state index in [1.807, 2.05) is 12.1 Å². The first-order valence-corrected chi connectivity index (χ1v) is 6.99. The highest BCUT2D eigenvalue weighted by Crippen LogP contribution is 2.23. The van der Waals surface area contributed by atoms with Crippen molar-refractivity contribution < 1.29 is 0 Å². The number of benzene rings is 2. The van der Waals surface area contributed by atoms with E-state index in [-0.39, 0.29) is 0 Å². The van der Waals surface area contributed by atoms with E-state index < -0.39 is 0 Å². The van der Waals surface area contributed by atoms with Crippen LogP contribution in [0.4, 0.5) is 5.69 Å². The lowest BCUT2D eigenvalue weighted by atomic mass is 10.0. The minimum absolute atomic E-state index is 0.917. The van der Waals surface area contributed by atoms with Crippen LogP contribution in [0.2, 0.25) is 0 Å². The van der Waals surface area contributed by atoms with Crippen molar-refractivity contribution in [3.63, 3.8) is 0 Å². The van der Waals surface area contributed by atoms with Gasteiger partial charge < -0.3 is 0 Å². The normalized spacial score (nSPS) is 10.4. The summed E-state index contributed by atoms with van der Waals surface area (Å²) in [7, 11) is 0. The van der Waals surface area contributed by atoms with Gasteiger partial charge in [-0.15, -0.1) is 0 Å². The quantitative estimate of drug-likeness (QED) is 0.480. The van der Waals surface area contributed by atoms with E-state index in [1.54, 1.807) is 0 Å². The summed E-state index contributed by atoms with van der Waals surface area (Å²) < 4.78 is 0. The van der Waals surface area contributed by atoms with Crippen LogP contribution >= 0.6 is 0 Å². The maximum absolute atomic E-state index is 3.91. The Bertz CT molecular complexity index is 508. The highest BCUT2D eigenvalue weighted by Gasteiger charge is 1.98. The Balaban J connectivity index is 2.06. The third-order valence-electron chi connectivity index (χ3n) is 3.41. The molecule has 0 unspecified atom stereocenters. The predicted molar refractivity (Wildman–Crippen MR) is 84.3 cm³/mol. The molecule has 2 aromatic rings. The molecule has 0 saturated heterocycles. The summed E-state index contributed by atoms with van der Waals surface area (Å²) >= 11 is 0. The van der Waals surface area contributed by atoms with Gasteiger partial charge in [-0.05, 0) is 48.4 Å². The number of unbranched alkanes of at least 4 members (excludes halogenated alkanes) is 2. The standard InChI is InChI=1S/C18H21N/c1-3-4-5-6-15-7-9-16(10-8-15)17-11-13-18(19-2)14-12-17/h7-14H,2-6H2,1H3. The highest BCUT2D eigenvalue weighted by molar-refractivity contribution is 5.66. The lowest BCUT2D eigenvalue weighted by molar-refractivity contribution is 0.717. The van der Waals surface area contributed by atoms with Gasteiger partial charge >= 0.3 is 0 Å². The van der Waals surface area contributed by atoms with E-state index in [9.17, 15) is 0 Å². The van der Waals surface area contributed by atoms with Gasteiger partial charge in [-0.2, -0.15) is 0 Å². The van der Waals surface area contributed by atoms with Crippen LogP contribution in [0, 0.1) is 0 Å². The molecule has 0 N–H and O–H groups in total.